The van der Waals surface area contributed by atoms with Crippen LogP contribution < -0.4 is 15.5 Å². The lowest BCUT2D eigenvalue weighted by Gasteiger charge is -2.27. The van der Waals surface area contributed by atoms with E-state index in [-0.39, 0.29) is 0 Å². The number of nitrogens with zero attached hydrogens (tertiary/aromatic N) is 4. The topological polar surface area (TPSA) is 66.0 Å². The van der Waals surface area contributed by atoms with Gasteiger partial charge in [0.1, 0.15) is 6.33 Å². The van der Waals surface area contributed by atoms with Crippen molar-refractivity contribution in [2.24, 2.45) is 0 Å². The van der Waals surface area contributed by atoms with Crippen LogP contribution >= 0.6 is 0 Å². The maximum atomic E-state index is 4.43. The highest BCUT2D eigenvalue weighted by Crippen LogP contribution is 2.09. The molecule has 0 aliphatic carbocycles. The van der Waals surface area contributed by atoms with Gasteiger partial charge in [0, 0.05) is 32.7 Å². The van der Waals surface area contributed by atoms with Crippen LogP contribution in [0.25, 0.3) is 0 Å². The molecule has 0 bridgehead atoms. The van der Waals surface area contributed by atoms with Gasteiger partial charge in [-0.25, -0.2) is 9.97 Å². The first-order valence-corrected chi connectivity index (χ1v) is 6.28. The zero-order chi connectivity index (χ0) is 11.9. The van der Waals surface area contributed by atoms with E-state index in [1.807, 2.05) is 0 Å². The maximum Gasteiger partial charge on any atom is 0.230 e. The highest BCUT2D eigenvalue weighted by atomic mass is 15.3. The summed E-state index contributed by atoms with van der Waals surface area (Å²) in [7, 11) is 0. The van der Waals surface area contributed by atoms with E-state index in [9.17, 15) is 0 Å². The third-order valence-corrected chi connectivity index (χ3v) is 2.77. The summed E-state index contributed by atoms with van der Waals surface area (Å²) in [4.78, 5) is 15.0. The maximum absolute atomic E-state index is 4.43. The van der Waals surface area contributed by atoms with Crippen LogP contribution in [0.1, 0.15) is 19.8 Å². The normalized spacial score (nSPS) is 15.9. The van der Waals surface area contributed by atoms with Gasteiger partial charge in [0.25, 0.3) is 0 Å². The molecule has 1 aliphatic heterocycles. The van der Waals surface area contributed by atoms with Gasteiger partial charge >= 0.3 is 0 Å². The van der Waals surface area contributed by atoms with E-state index in [1.54, 1.807) is 6.33 Å². The van der Waals surface area contributed by atoms with Crippen molar-refractivity contribution in [3.8, 4) is 0 Å². The minimum atomic E-state index is 0.682. The Morgan fingerprint density at radius 3 is 2.94 bits per heavy atom. The van der Waals surface area contributed by atoms with Crippen molar-refractivity contribution < 1.29 is 0 Å². The zero-order valence-electron chi connectivity index (χ0n) is 10.3. The Morgan fingerprint density at radius 1 is 1.35 bits per heavy atom. The SMILES string of the molecule is CCCCNc1ncnc(N2CCNCC2)n1. The third kappa shape index (κ3) is 3.52. The second-order valence-electron chi connectivity index (χ2n) is 4.13. The van der Waals surface area contributed by atoms with Gasteiger partial charge in [-0.3, -0.25) is 0 Å². The summed E-state index contributed by atoms with van der Waals surface area (Å²) in [5, 5.41) is 6.53. The minimum Gasteiger partial charge on any atom is -0.354 e. The Morgan fingerprint density at radius 2 is 2.18 bits per heavy atom. The third-order valence-electron chi connectivity index (χ3n) is 2.77. The molecule has 17 heavy (non-hydrogen) atoms. The molecule has 0 unspecified atom stereocenters. The highest BCUT2D eigenvalue weighted by Gasteiger charge is 2.13. The molecular weight excluding hydrogens is 216 g/mol. The fraction of sp³-hybridized carbons (Fsp3) is 0.727. The summed E-state index contributed by atoms with van der Waals surface area (Å²) in [5.74, 6) is 1.46. The Kier molecular flexibility index (Phi) is 4.49. The van der Waals surface area contributed by atoms with E-state index < -0.39 is 0 Å². The average molecular weight is 236 g/mol. The molecule has 0 saturated carbocycles. The summed E-state index contributed by atoms with van der Waals surface area (Å²) in [6.45, 7) is 6.98. The van der Waals surface area contributed by atoms with Gasteiger partial charge in [0.05, 0.1) is 0 Å². The van der Waals surface area contributed by atoms with Crippen molar-refractivity contribution in [1.82, 2.24) is 20.3 Å². The average Bonchev–Trinajstić information content (AvgIpc) is 2.41. The first-order chi connectivity index (χ1) is 8.40. The molecule has 1 aromatic heterocycles. The van der Waals surface area contributed by atoms with E-state index in [1.165, 1.54) is 6.42 Å². The van der Waals surface area contributed by atoms with Crippen LogP contribution in [0.5, 0.6) is 0 Å². The summed E-state index contributed by atoms with van der Waals surface area (Å²) >= 11 is 0. The lowest BCUT2D eigenvalue weighted by molar-refractivity contribution is 0.579. The van der Waals surface area contributed by atoms with Crippen molar-refractivity contribution in [2.45, 2.75) is 19.8 Å². The zero-order valence-corrected chi connectivity index (χ0v) is 10.3. The first-order valence-electron chi connectivity index (χ1n) is 6.28. The van der Waals surface area contributed by atoms with Gasteiger partial charge in [-0.1, -0.05) is 13.3 Å². The molecule has 0 atom stereocenters. The predicted molar refractivity (Wildman–Crippen MR) is 68.3 cm³/mol. The molecule has 1 fully saturated rings. The van der Waals surface area contributed by atoms with Gasteiger partial charge in [-0.2, -0.15) is 4.98 Å². The lowest BCUT2D eigenvalue weighted by atomic mass is 10.3. The second-order valence-corrected chi connectivity index (χ2v) is 4.13. The fourth-order valence-electron chi connectivity index (χ4n) is 1.77. The molecule has 2 N–H and O–H groups in total. The Bertz CT molecular complexity index is 336. The van der Waals surface area contributed by atoms with E-state index in [4.69, 9.17) is 0 Å². The number of nitrogens with one attached hydrogen (secondary N) is 2. The molecule has 1 aromatic rings. The smallest absolute Gasteiger partial charge is 0.230 e. The minimum absolute atomic E-state index is 0.682. The van der Waals surface area contributed by atoms with E-state index in [2.05, 4.69) is 37.4 Å². The van der Waals surface area contributed by atoms with Crippen LogP contribution in [-0.2, 0) is 0 Å². The Labute approximate surface area is 102 Å². The van der Waals surface area contributed by atoms with Gasteiger partial charge < -0.3 is 15.5 Å². The molecule has 0 aromatic carbocycles. The molecule has 6 heteroatoms. The van der Waals surface area contributed by atoms with Crippen LogP contribution in [0.3, 0.4) is 0 Å². The largest absolute Gasteiger partial charge is 0.354 e. The van der Waals surface area contributed by atoms with Crippen LogP contribution in [-0.4, -0.2) is 47.7 Å². The lowest BCUT2D eigenvalue weighted by Crippen LogP contribution is -2.44. The molecule has 94 valence electrons. The van der Waals surface area contributed by atoms with Crippen molar-refractivity contribution in [2.75, 3.05) is 42.9 Å². The first kappa shape index (κ1) is 12.0. The van der Waals surface area contributed by atoms with Crippen molar-refractivity contribution in [1.29, 1.82) is 0 Å². The number of anilines is 2. The number of hydrogen-bond acceptors (Lipinski definition) is 6. The van der Waals surface area contributed by atoms with E-state index in [0.29, 0.717) is 5.95 Å². The number of hydrogen-bond donors (Lipinski definition) is 2. The molecule has 1 saturated heterocycles. The molecular formula is C11H20N6. The van der Waals surface area contributed by atoms with Gasteiger partial charge in [-0.15, -0.1) is 0 Å². The molecule has 0 radical (unpaired) electrons. The standard InChI is InChI=1S/C11H20N6/c1-2-3-4-13-10-14-9-15-11(16-10)17-7-5-12-6-8-17/h9,12H,2-8H2,1H3,(H,13,14,15,16). The summed E-state index contributed by atoms with van der Waals surface area (Å²) in [6, 6.07) is 0. The van der Waals surface area contributed by atoms with Crippen molar-refractivity contribution in [3.05, 3.63) is 6.33 Å². The number of rotatable bonds is 5. The van der Waals surface area contributed by atoms with Gasteiger partial charge in [0.15, 0.2) is 0 Å². The van der Waals surface area contributed by atoms with Gasteiger partial charge in [-0.05, 0) is 6.42 Å². The molecule has 1 aliphatic rings. The van der Waals surface area contributed by atoms with E-state index >= 15 is 0 Å². The van der Waals surface area contributed by atoms with Crippen molar-refractivity contribution in [3.63, 3.8) is 0 Å². The summed E-state index contributed by atoms with van der Waals surface area (Å²) < 4.78 is 0. The number of unbranched alkanes of at least 4 members (excludes halogenated alkanes) is 1. The second kappa shape index (κ2) is 6.34. The van der Waals surface area contributed by atoms with Crippen LogP contribution in [0.2, 0.25) is 0 Å². The number of aromatic nitrogens is 3. The summed E-state index contributed by atoms with van der Waals surface area (Å²) in [6.07, 6.45) is 3.88. The molecule has 2 heterocycles. The fourth-order valence-corrected chi connectivity index (χ4v) is 1.77. The Hall–Kier alpha value is -1.43. The monoisotopic (exact) mass is 236 g/mol. The highest BCUT2D eigenvalue weighted by molar-refractivity contribution is 5.36. The number of piperazine rings is 1. The van der Waals surface area contributed by atoms with Crippen molar-refractivity contribution >= 4 is 11.9 Å². The van der Waals surface area contributed by atoms with Gasteiger partial charge in [0.2, 0.25) is 11.9 Å². The van der Waals surface area contributed by atoms with Crippen LogP contribution in [0.15, 0.2) is 6.33 Å². The Balaban J connectivity index is 1.95. The molecule has 2 rings (SSSR count). The molecule has 0 amide bonds. The quantitative estimate of drug-likeness (QED) is 0.726. The molecule has 6 nitrogen and oxygen atoms in total. The summed E-state index contributed by atoms with van der Waals surface area (Å²) in [5.41, 5.74) is 0. The predicted octanol–water partition coefficient (Wildman–Crippen LogP) is 0.493. The van der Waals surface area contributed by atoms with Crippen LogP contribution in [0.4, 0.5) is 11.9 Å². The van der Waals surface area contributed by atoms with Crippen LogP contribution in [0, 0.1) is 0 Å². The molecule has 0 spiro atoms. The van der Waals surface area contributed by atoms with E-state index in [0.717, 1.165) is 45.1 Å².